The van der Waals surface area contributed by atoms with Gasteiger partial charge in [-0.2, -0.15) is 0 Å². The highest BCUT2D eigenvalue weighted by Gasteiger charge is 2.04. The second-order valence-electron chi connectivity index (χ2n) is 5.87. The number of hydrogen-bond acceptors (Lipinski definition) is 6. The Morgan fingerprint density at radius 3 is 1.68 bits per heavy atom. The maximum atomic E-state index is 9.27. The van der Waals surface area contributed by atoms with Crippen LogP contribution in [0.3, 0.4) is 0 Å². The lowest BCUT2D eigenvalue weighted by Crippen LogP contribution is -2.31. The van der Waals surface area contributed by atoms with Crippen molar-refractivity contribution in [2.75, 3.05) is 26.4 Å². The molecule has 2 aromatic rings. The van der Waals surface area contributed by atoms with E-state index in [-0.39, 0.29) is 32.5 Å². The fourth-order valence-electron chi connectivity index (χ4n) is 2.14. The molecule has 25 heavy (non-hydrogen) atoms. The summed E-state index contributed by atoms with van der Waals surface area (Å²) in [6, 6.07) is 15.0. The third-order valence-corrected chi connectivity index (χ3v) is 3.61. The van der Waals surface area contributed by atoms with Crippen LogP contribution in [0.4, 0.5) is 0 Å². The second-order valence-corrected chi connectivity index (χ2v) is 5.87. The van der Waals surface area contributed by atoms with E-state index >= 15 is 0 Å². The van der Waals surface area contributed by atoms with Crippen LogP contribution in [-0.4, -0.2) is 53.9 Å². The van der Waals surface area contributed by atoms with Crippen molar-refractivity contribution < 1.29 is 24.8 Å². The van der Waals surface area contributed by atoms with E-state index in [9.17, 15) is 5.11 Å². The van der Waals surface area contributed by atoms with E-state index in [4.69, 9.17) is 25.4 Å². The summed E-state index contributed by atoms with van der Waals surface area (Å²) in [5.41, 5.74) is 7.87. The highest BCUT2D eigenvalue weighted by Crippen LogP contribution is 2.18. The van der Waals surface area contributed by atoms with Crippen LogP contribution in [-0.2, 0) is 6.42 Å². The minimum Gasteiger partial charge on any atom is -0.492 e. The van der Waals surface area contributed by atoms with Gasteiger partial charge in [-0.05, 0) is 41.8 Å². The molecule has 0 aromatic heterocycles. The van der Waals surface area contributed by atoms with Gasteiger partial charge in [-0.1, -0.05) is 24.3 Å². The molecule has 2 unspecified atom stereocenters. The normalized spacial score (nSPS) is 13.3. The number of benzene rings is 2. The zero-order valence-electron chi connectivity index (χ0n) is 14.0. The molecule has 136 valence electrons. The Labute approximate surface area is 147 Å². The molecular weight excluding hydrogens is 322 g/mol. The van der Waals surface area contributed by atoms with E-state index in [1.54, 1.807) is 0 Å². The zero-order valence-corrected chi connectivity index (χ0v) is 14.0. The summed E-state index contributed by atoms with van der Waals surface area (Å²) in [6.07, 6.45) is -0.0944. The van der Waals surface area contributed by atoms with Crippen LogP contribution in [0, 0.1) is 0 Å². The largest absolute Gasteiger partial charge is 0.492 e. The molecule has 6 nitrogen and oxygen atoms in total. The average molecular weight is 347 g/mol. The van der Waals surface area contributed by atoms with Crippen LogP contribution in [0.1, 0.15) is 11.1 Å². The summed E-state index contributed by atoms with van der Waals surface area (Å²) in [4.78, 5) is 0. The summed E-state index contributed by atoms with van der Waals surface area (Å²) in [5.74, 6) is 1.37. The van der Waals surface area contributed by atoms with Gasteiger partial charge in [0.05, 0.1) is 19.3 Å². The Morgan fingerprint density at radius 2 is 1.24 bits per heavy atom. The number of rotatable bonds is 10. The predicted molar refractivity (Wildman–Crippen MR) is 94.8 cm³/mol. The van der Waals surface area contributed by atoms with Gasteiger partial charge < -0.3 is 30.5 Å². The molecule has 0 spiro atoms. The highest BCUT2D eigenvalue weighted by atomic mass is 16.5. The quantitative estimate of drug-likeness (QED) is 0.504. The summed E-state index contributed by atoms with van der Waals surface area (Å²) in [6.45, 7) is -0.0694. The van der Waals surface area contributed by atoms with Crippen LogP contribution in [0.25, 0.3) is 0 Å². The molecule has 0 aliphatic rings. The first kappa shape index (κ1) is 19.2. The molecule has 0 aliphatic carbocycles. The fourth-order valence-corrected chi connectivity index (χ4v) is 2.14. The van der Waals surface area contributed by atoms with Crippen LogP contribution in [0.15, 0.2) is 48.5 Å². The smallest absolute Gasteiger partial charge is 0.119 e. The number of hydrogen-bond donors (Lipinski definition) is 4. The average Bonchev–Trinajstić information content (AvgIpc) is 2.66. The van der Waals surface area contributed by atoms with E-state index in [0.717, 1.165) is 23.3 Å². The second kappa shape index (κ2) is 10.0. The summed E-state index contributed by atoms with van der Waals surface area (Å²) in [7, 11) is 0. The lowest BCUT2D eigenvalue weighted by Gasteiger charge is -2.11. The third kappa shape index (κ3) is 6.72. The number of ether oxygens (including phenoxy) is 2. The first-order valence-electron chi connectivity index (χ1n) is 8.19. The Hall–Kier alpha value is -2.12. The number of nitrogens with two attached hydrogens (primary N) is 1. The number of aliphatic hydroxyl groups excluding tert-OH is 3. The van der Waals surface area contributed by atoms with Gasteiger partial charge in [-0.3, -0.25) is 0 Å². The molecule has 0 amide bonds. The summed E-state index contributed by atoms with van der Waals surface area (Å²) in [5, 5.41) is 26.9. The lowest BCUT2D eigenvalue weighted by atomic mass is 10.0. The van der Waals surface area contributed by atoms with E-state index < -0.39 is 6.10 Å². The molecule has 0 radical (unpaired) electrons. The predicted octanol–water partition coefficient (Wildman–Crippen LogP) is 0.708. The Balaban J connectivity index is 1.85. The van der Waals surface area contributed by atoms with Gasteiger partial charge in [-0.25, -0.2) is 0 Å². The zero-order chi connectivity index (χ0) is 18.1. The molecule has 6 heteroatoms. The topological polar surface area (TPSA) is 105 Å². The molecule has 0 fully saturated rings. The fraction of sp³-hybridized carbons (Fsp3) is 0.368. The van der Waals surface area contributed by atoms with Gasteiger partial charge in [0.2, 0.25) is 0 Å². The standard InChI is InChI=1S/C19H25NO5/c20-16(10-21)12-24-18-5-1-14(2-6-18)9-15-3-7-19(8-4-15)25-13-17(23)11-22/h1-8,16-17,21-23H,9-13,20H2. The third-order valence-electron chi connectivity index (χ3n) is 3.61. The maximum Gasteiger partial charge on any atom is 0.119 e. The van der Waals surface area contributed by atoms with E-state index in [1.807, 2.05) is 48.5 Å². The van der Waals surface area contributed by atoms with Gasteiger partial charge in [0, 0.05) is 0 Å². The summed E-state index contributed by atoms with van der Waals surface area (Å²) < 4.78 is 10.9. The van der Waals surface area contributed by atoms with E-state index in [1.165, 1.54) is 0 Å². The minimum atomic E-state index is -0.868. The van der Waals surface area contributed by atoms with Crippen molar-refractivity contribution in [3.8, 4) is 11.5 Å². The van der Waals surface area contributed by atoms with Gasteiger partial charge in [0.1, 0.15) is 30.8 Å². The van der Waals surface area contributed by atoms with Crippen molar-refractivity contribution in [1.29, 1.82) is 0 Å². The molecular formula is C19H25NO5. The minimum absolute atomic E-state index is 0.0667. The first-order valence-corrected chi connectivity index (χ1v) is 8.19. The molecule has 2 atom stereocenters. The van der Waals surface area contributed by atoms with Gasteiger partial charge >= 0.3 is 0 Å². The maximum absolute atomic E-state index is 9.27. The van der Waals surface area contributed by atoms with Crippen LogP contribution >= 0.6 is 0 Å². The van der Waals surface area contributed by atoms with Crippen molar-refractivity contribution in [2.45, 2.75) is 18.6 Å². The Kier molecular flexibility index (Phi) is 7.69. The SMILES string of the molecule is NC(CO)COc1ccc(Cc2ccc(OCC(O)CO)cc2)cc1. The molecule has 5 N–H and O–H groups in total. The monoisotopic (exact) mass is 347 g/mol. The first-order chi connectivity index (χ1) is 12.1. The van der Waals surface area contributed by atoms with Crippen molar-refractivity contribution in [3.05, 3.63) is 59.7 Å². The van der Waals surface area contributed by atoms with Crippen LogP contribution in [0.2, 0.25) is 0 Å². The van der Waals surface area contributed by atoms with Gasteiger partial charge in [0.25, 0.3) is 0 Å². The highest BCUT2D eigenvalue weighted by molar-refractivity contribution is 5.34. The van der Waals surface area contributed by atoms with E-state index in [2.05, 4.69) is 0 Å². The molecule has 2 rings (SSSR count). The Bertz CT molecular complexity index is 559. The molecule has 0 saturated heterocycles. The van der Waals surface area contributed by atoms with Gasteiger partial charge in [-0.15, -0.1) is 0 Å². The summed E-state index contributed by atoms with van der Waals surface area (Å²) >= 11 is 0. The molecule has 0 bridgehead atoms. The molecule has 0 aliphatic heterocycles. The molecule has 0 heterocycles. The Morgan fingerprint density at radius 1 is 0.760 bits per heavy atom. The van der Waals surface area contributed by atoms with Crippen molar-refractivity contribution in [3.63, 3.8) is 0 Å². The van der Waals surface area contributed by atoms with Crippen molar-refractivity contribution in [2.24, 2.45) is 5.73 Å². The van der Waals surface area contributed by atoms with E-state index in [0.29, 0.717) is 5.75 Å². The van der Waals surface area contributed by atoms with Crippen molar-refractivity contribution in [1.82, 2.24) is 0 Å². The molecule has 0 saturated carbocycles. The van der Waals surface area contributed by atoms with Crippen LogP contribution < -0.4 is 15.2 Å². The number of aliphatic hydroxyl groups is 3. The van der Waals surface area contributed by atoms with Crippen LogP contribution in [0.5, 0.6) is 11.5 Å². The lowest BCUT2D eigenvalue weighted by molar-refractivity contribution is 0.0536. The van der Waals surface area contributed by atoms with Gasteiger partial charge in [0.15, 0.2) is 0 Å². The molecule has 2 aromatic carbocycles. The van der Waals surface area contributed by atoms with Crippen molar-refractivity contribution >= 4 is 0 Å².